The number of carbonyl (C=O) groups excluding carboxylic acids is 1. The number of likely N-dealkylation sites (tertiary alicyclic amines) is 1. The van der Waals surface area contributed by atoms with E-state index in [4.69, 9.17) is 8.83 Å². The molecule has 4 rings (SSSR count). The monoisotopic (exact) mass is 338 g/mol. The van der Waals surface area contributed by atoms with Crippen molar-refractivity contribution in [2.45, 2.75) is 25.4 Å². The van der Waals surface area contributed by atoms with Gasteiger partial charge in [0.2, 0.25) is 0 Å². The van der Waals surface area contributed by atoms with Gasteiger partial charge in [0, 0.05) is 11.4 Å². The summed E-state index contributed by atoms with van der Waals surface area (Å²) in [7, 11) is 2.12. The van der Waals surface area contributed by atoms with Crippen molar-refractivity contribution in [2.75, 3.05) is 20.1 Å². The molecule has 5 heteroatoms. The number of carbonyl (C=O) groups is 1. The number of nitrogens with zero attached hydrogens (tertiary/aromatic N) is 2. The summed E-state index contributed by atoms with van der Waals surface area (Å²) in [6, 6.07) is 11.7. The van der Waals surface area contributed by atoms with E-state index in [2.05, 4.69) is 11.9 Å². The lowest BCUT2D eigenvalue weighted by molar-refractivity contribution is 0.0551. The summed E-state index contributed by atoms with van der Waals surface area (Å²) >= 11 is 0. The second-order valence-electron chi connectivity index (χ2n) is 6.69. The molecular formula is C20H22N2O3. The first-order valence-corrected chi connectivity index (χ1v) is 8.70. The minimum absolute atomic E-state index is 0.0101. The van der Waals surface area contributed by atoms with Gasteiger partial charge in [-0.1, -0.05) is 18.2 Å². The van der Waals surface area contributed by atoms with Gasteiger partial charge in [0.05, 0.1) is 18.4 Å². The number of hydrogen-bond donors (Lipinski definition) is 0. The third kappa shape index (κ3) is 3.20. The van der Waals surface area contributed by atoms with Gasteiger partial charge in [-0.15, -0.1) is 0 Å². The van der Waals surface area contributed by atoms with E-state index in [9.17, 15) is 4.79 Å². The van der Waals surface area contributed by atoms with Crippen molar-refractivity contribution in [2.24, 2.45) is 0 Å². The highest BCUT2D eigenvalue weighted by atomic mass is 16.3. The molecule has 5 nitrogen and oxygen atoms in total. The molecule has 0 N–H and O–H groups in total. The van der Waals surface area contributed by atoms with E-state index < -0.39 is 0 Å². The molecule has 0 aliphatic carbocycles. The lowest BCUT2D eigenvalue weighted by Gasteiger charge is -2.36. The minimum Gasteiger partial charge on any atom is -0.467 e. The molecule has 0 radical (unpaired) electrons. The fourth-order valence-corrected chi connectivity index (χ4v) is 3.54. The lowest BCUT2D eigenvalue weighted by atomic mass is 10.0. The smallest absolute Gasteiger partial charge is 0.258 e. The maximum atomic E-state index is 13.3. The topological polar surface area (TPSA) is 49.8 Å². The first kappa shape index (κ1) is 16.0. The summed E-state index contributed by atoms with van der Waals surface area (Å²) in [6.45, 7) is 2.48. The van der Waals surface area contributed by atoms with Crippen LogP contribution in [0.3, 0.4) is 0 Å². The zero-order valence-electron chi connectivity index (χ0n) is 14.4. The Labute approximate surface area is 146 Å². The standard InChI is InChI=1S/C20H22N2O3/c1-21-10-8-15(9-11-21)22(13-16-5-4-12-24-16)20(23)18-14-25-19-7-3-2-6-17(18)19/h2-7,12,14-15H,8-11,13H2,1H3. The molecular weight excluding hydrogens is 316 g/mol. The second kappa shape index (κ2) is 6.76. The summed E-state index contributed by atoms with van der Waals surface area (Å²) < 4.78 is 11.1. The van der Waals surface area contributed by atoms with E-state index in [0.29, 0.717) is 12.1 Å². The van der Waals surface area contributed by atoms with Crippen LogP contribution >= 0.6 is 0 Å². The molecule has 130 valence electrons. The van der Waals surface area contributed by atoms with Gasteiger partial charge in [-0.2, -0.15) is 0 Å². The summed E-state index contributed by atoms with van der Waals surface area (Å²) in [4.78, 5) is 17.6. The van der Waals surface area contributed by atoms with Gasteiger partial charge in [-0.25, -0.2) is 0 Å². The van der Waals surface area contributed by atoms with Crippen molar-refractivity contribution in [3.05, 3.63) is 60.2 Å². The highest BCUT2D eigenvalue weighted by molar-refractivity contribution is 6.06. The Kier molecular flexibility index (Phi) is 4.32. The van der Waals surface area contributed by atoms with Crippen LogP contribution in [0, 0.1) is 0 Å². The van der Waals surface area contributed by atoms with Crippen molar-refractivity contribution in [1.82, 2.24) is 9.80 Å². The van der Waals surface area contributed by atoms with Crippen LogP contribution in [0.25, 0.3) is 11.0 Å². The summed E-state index contributed by atoms with van der Waals surface area (Å²) in [5, 5.41) is 0.866. The van der Waals surface area contributed by atoms with Crippen LogP contribution in [-0.4, -0.2) is 41.9 Å². The molecule has 1 aromatic carbocycles. The Morgan fingerprint density at radius 1 is 1.16 bits per heavy atom. The predicted molar refractivity (Wildman–Crippen MR) is 95.3 cm³/mol. The molecule has 1 fully saturated rings. The molecule has 0 unspecified atom stereocenters. The van der Waals surface area contributed by atoms with Gasteiger partial charge in [0.25, 0.3) is 5.91 Å². The molecule has 1 aliphatic heterocycles. The molecule has 2 aromatic heterocycles. The van der Waals surface area contributed by atoms with Crippen molar-refractivity contribution >= 4 is 16.9 Å². The summed E-state index contributed by atoms with van der Waals surface area (Å²) in [6.07, 6.45) is 5.18. The first-order valence-electron chi connectivity index (χ1n) is 8.70. The third-order valence-corrected chi connectivity index (χ3v) is 5.01. The predicted octanol–water partition coefficient (Wildman–Crippen LogP) is 3.76. The van der Waals surface area contributed by atoms with Crippen molar-refractivity contribution < 1.29 is 13.6 Å². The number of rotatable bonds is 4. The van der Waals surface area contributed by atoms with Gasteiger partial charge in [0.1, 0.15) is 17.6 Å². The Morgan fingerprint density at radius 3 is 2.72 bits per heavy atom. The zero-order valence-corrected chi connectivity index (χ0v) is 14.4. The van der Waals surface area contributed by atoms with Crippen LogP contribution < -0.4 is 0 Å². The molecule has 25 heavy (non-hydrogen) atoms. The fraction of sp³-hybridized carbons (Fsp3) is 0.350. The van der Waals surface area contributed by atoms with Crippen LogP contribution in [-0.2, 0) is 6.54 Å². The minimum atomic E-state index is 0.0101. The molecule has 1 aliphatic rings. The van der Waals surface area contributed by atoms with Crippen molar-refractivity contribution in [3.63, 3.8) is 0 Å². The Balaban J connectivity index is 1.65. The fourth-order valence-electron chi connectivity index (χ4n) is 3.54. The van der Waals surface area contributed by atoms with Crippen LogP contribution in [0.5, 0.6) is 0 Å². The largest absolute Gasteiger partial charge is 0.467 e. The second-order valence-corrected chi connectivity index (χ2v) is 6.69. The molecule has 1 amide bonds. The van der Waals surface area contributed by atoms with E-state index in [1.807, 2.05) is 41.3 Å². The Bertz CT molecular complexity index is 845. The average Bonchev–Trinajstić information content (AvgIpc) is 3.29. The maximum Gasteiger partial charge on any atom is 0.258 e. The highest BCUT2D eigenvalue weighted by Crippen LogP contribution is 2.26. The molecule has 1 saturated heterocycles. The summed E-state index contributed by atoms with van der Waals surface area (Å²) in [5.41, 5.74) is 1.37. The quantitative estimate of drug-likeness (QED) is 0.727. The van der Waals surface area contributed by atoms with E-state index in [1.54, 1.807) is 12.5 Å². The Morgan fingerprint density at radius 2 is 1.96 bits per heavy atom. The maximum absolute atomic E-state index is 13.3. The van der Waals surface area contributed by atoms with Crippen molar-refractivity contribution in [3.8, 4) is 0 Å². The molecule has 0 atom stereocenters. The zero-order chi connectivity index (χ0) is 17.2. The van der Waals surface area contributed by atoms with Gasteiger partial charge >= 0.3 is 0 Å². The molecule has 3 heterocycles. The third-order valence-electron chi connectivity index (χ3n) is 5.01. The number of amides is 1. The number of piperidine rings is 1. The van der Waals surface area contributed by atoms with E-state index in [0.717, 1.165) is 42.7 Å². The lowest BCUT2D eigenvalue weighted by Crippen LogP contribution is -2.46. The molecule has 3 aromatic rings. The van der Waals surface area contributed by atoms with Crippen LogP contribution in [0.1, 0.15) is 29.0 Å². The van der Waals surface area contributed by atoms with Gasteiger partial charge in [-0.05, 0) is 51.2 Å². The van der Waals surface area contributed by atoms with Crippen molar-refractivity contribution in [1.29, 1.82) is 0 Å². The number of fused-ring (bicyclic) bond motifs is 1. The van der Waals surface area contributed by atoms with Gasteiger partial charge < -0.3 is 18.6 Å². The van der Waals surface area contributed by atoms with E-state index >= 15 is 0 Å². The number of benzene rings is 1. The number of furan rings is 2. The number of hydrogen-bond acceptors (Lipinski definition) is 4. The number of para-hydroxylation sites is 1. The van der Waals surface area contributed by atoms with Crippen LogP contribution in [0.2, 0.25) is 0 Å². The van der Waals surface area contributed by atoms with Crippen LogP contribution in [0.4, 0.5) is 0 Å². The van der Waals surface area contributed by atoms with E-state index in [-0.39, 0.29) is 11.9 Å². The summed E-state index contributed by atoms with van der Waals surface area (Å²) in [5.74, 6) is 0.816. The molecule has 0 saturated carbocycles. The van der Waals surface area contributed by atoms with Gasteiger partial charge in [0.15, 0.2) is 0 Å². The van der Waals surface area contributed by atoms with Gasteiger partial charge in [-0.3, -0.25) is 4.79 Å². The molecule has 0 bridgehead atoms. The van der Waals surface area contributed by atoms with Crippen LogP contribution in [0.15, 0.2) is 57.8 Å². The SMILES string of the molecule is CN1CCC(N(Cc2ccco2)C(=O)c2coc3ccccc23)CC1. The highest BCUT2D eigenvalue weighted by Gasteiger charge is 2.30. The van der Waals surface area contributed by atoms with E-state index in [1.165, 1.54) is 0 Å². The average molecular weight is 338 g/mol. The molecule has 0 spiro atoms. The normalized spacial score (nSPS) is 16.4. The first-order chi connectivity index (χ1) is 12.2. The Hall–Kier alpha value is -2.53.